The number of aromatic nitrogens is 2. The normalized spacial score (nSPS) is 35.2. The number of carbonyl (C=O) groups is 1. The Morgan fingerprint density at radius 3 is 3.00 bits per heavy atom. The Bertz CT molecular complexity index is 558. The van der Waals surface area contributed by atoms with E-state index in [2.05, 4.69) is 15.3 Å². The zero-order valence-electron chi connectivity index (χ0n) is 10.5. The van der Waals surface area contributed by atoms with Crippen LogP contribution in [0.4, 0.5) is 10.2 Å². The molecule has 2 aliphatic carbocycles. The van der Waals surface area contributed by atoms with E-state index in [0.29, 0.717) is 12.8 Å². The quantitative estimate of drug-likeness (QED) is 0.708. The topological polar surface area (TPSA) is 101 Å². The third-order valence-electron chi connectivity index (χ3n) is 4.32. The van der Waals surface area contributed by atoms with Crippen molar-refractivity contribution in [1.82, 2.24) is 9.97 Å². The zero-order valence-corrected chi connectivity index (χ0v) is 11.2. The molecule has 2 bridgehead atoms. The summed E-state index contributed by atoms with van der Waals surface area (Å²) >= 11 is 5.64. The fraction of sp³-hybridized carbons (Fsp3) is 0.583. The smallest absolute Gasteiger partial charge is 0.224 e. The van der Waals surface area contributed by atoms with Gasteiger partial charge in [-0.1, -0.05) is 0 Å². The van der Waals surface area contributed by atoms with Gasteiger partial charge in [0.25, 0.3) is 0 Å². The molecule has 2 saturated carbocycles. The van der Waals surface area contributed by atoms with Crippen molar-refractivity contribution in [2.75, 3.05) is 5.32 Å². The molecule has 1 aromatic heterocycles. The molecule has 2 fully saturated rings. The van der Waals surface area contributed by atoms with Crippen molar-refractivity contribution in [1.29, 1.82) is 0 Å². The summed E-state index contributed by atoms with van der Waals surface area (Å²) in [6, 6.07) is -0.429. The van der Waals surface area contributed by atoms with Crippen LogP contribution in [0.15, 0.2) is 6.20 Å². The van der Waals surface area contributed by atoms with Crippen molar-refractivity contribution in [2.24, 2.45) is 23.5 Å². The summed E-state index contributed by atoms with van der Waals surface area (Å²) in [5, 5.41) is 12.7. The van der Waals surface area contributed by atoms with Gasteiger partial charge in [-0.15, -0.1) is 0 Å². The van der Waals surface area contributed by atoms with Gasteiger partial charge in [0, 0.05) is 12.0 Å². The minimum absolute atomic E-state index is 0.0328. The minimum Gasteiger partial charge on any atom is -0.393 e. The minimum atomic E-state index is -0.658. The number of aliphatic hydroxyl groups is 1. The lowest BCUT2D eigenvalue weighted by molar-refractivity contribution is -0.124. The molecule has 0 aromatic carbocycles. The van der Waals surface area contributed by atoms with Gasteiger partial charge in [0.1, 0.15) is 0 Å². The van der Waals surface area contributed by atoms with Gasteiger partial charge in [-0.2, -0.15) is 4.98 Å². The summed E-state index contributed by atoms with van der Waals surface area (Å²) in [5.41, 5.74) is 5.43. The Balaban J connectivity index is 1.88. The lowest BCUT2D eigenvalue weighted by atomic mass is 9.82. The number of fused-ring (bicyclic) bond motifs is 2. The number of primary amides is 1. The molecule has 5 unspecified atom stereocenters. The van der Waals surface area contributed by atoms with Gasteiger partial charge in [-0.25, -0.2) is 9.37 Å². The molecule has 1 heterocycles. The molecule has 20 heavy (non-hydrogen) atoms. The van der Waals surface area contributed by atoms with E-state index >= 15 is 0 Å². The molecule has 4 N–H and O–H groups in total. The van der Waals surface area contributed by atoms with Crippen LogP contribution < -0.4 is 11.1 Å². The van der Waals surface area contributed by atoms with Crippen molar-refractivity contribution in [3.05, 3.63) is 17.3 Å². The van der Waals surface area contributed by atoms with E-state index in [-0.39, 0.29) is 22.9 Å². The van der Waals surface area contributed by atoms with Crippen LogP contribution in [0.5, 0.6) is 0 Å². The number of hydrogen-bond donors (Lipinski definition) is 3. The summed E-state index contributed by atoms with van der Waals surface area (Å²) in [4.78, 5) is 18.9. The van der Waals surface area contributed by atoms with Crippen LogP contribution in [0.1, 0.15) is 12.8 Å². The van der Waals surface area contributed by atoms with Crippen molar-refractivity contribution < 1.29 is 14.3 Å². The van der Waals surface area contributed by atoms with Gasteiger partial charge in [0.05, 0.1) is 18.2 Å². The fourth-order valence-corrected chi connectivity index (χ4v) is 3.67. The van der Waals surface area contributed by atoms with Crippen molar-refractivity contribution in [2.45, 2.75) is 25.0 Å². The largest absolute Gasteiger partial charge is 0.393 e. The maximum Gasteiger partial charge on any atom is 0.224 e. The maximum absolute atomic E-state index is 13.7. The van der Waals surface area contributed by atoms with Crippen LogP contribution in [0.2, 0.25) is 5.28 Å². The van der Waals surface area contributed by atoms with Crippen LogP contribution >= 0.6 is 11.6 Å². The van der Waals surface area contributed by atoms with Crippen LogP contribution in [-0.2, 0) is 4.79 Å². The molecule has 1 amide bonds. The van der Waals surface area contributed by atoms with E-state index in [9.17, 15) is 14.3 Å². The number of amides is 1. The average molecular weight is 301 g/mol. The van der Waals surface area contributed by atoms with E-state index in [1.807, 2.05) is 0 Å². The van der Waals surface area contributed by atoms with E-state index in [0.717, 1.165) is 6.20 Å². The Morgan fingerprint density at radius 1 is 1.55 bits per heavy atom. The van der Waals surface area contributed by atoms with Crippen molar-refractivity contribution in [3.8, 4) is 0 Å². The first kappa shape index (κ1) is 13.5. The lowest BCUT2D eigenvalue weighted by Crippen LogP contribution is -2.46. The summed E-state index contributed by atoms with van der Waals surface area (Å²) in [7, 11) is 0. The van der Waals surface area contributed by atoms with Gasteiger partial charge in [0.15, 0.2) is 11.6 Å². The molecular weight excluding hydrogens is 287 g/mol. The molecular formula is C12H14ClFN4O2. The number of carbonyl (C=O) groups excluding carboxylic acids is 1. The van der Waals surface area contributed by atoms with Crippen molar-refractivity contribution in [3.63, 3.8) is 0 Å². The third kappa shape index (κ3) is 2.10. The molecule has 5 atom stereocenters. The average Bonchev–Trinajstić information content (AvgIpc) is 2.90. The zero-order chi connectivity index (χ0) is 14.4. The highest BCUT2D eigenvalue weighted by Gasteiger charge is 2.54. The molecule has 2 aliphatic rings. The van der Waals surface area contributed by atoms with Crippen LogP contribution in [0, 0.1) is 23.6 Å². The van der Waals surface area contributed by atoms with E-state index < -0.39 is 29.8 Å². The summed E-state index contributed by atoms with van der Waals surface area (Å²) < 4.78 is 13.7. The van der Waals surface area contributed by atoms with Crippen LogP contribution in [-0.4, -0.2) is 33.1 Å². The first-order chi connectivity index (χ1) is 9.47. The fourth-order valence-electron chi connectivity index (χ4n) is 3.54. The number of rotatable bonds is 3. The molecule has 8 heteroatoms. The number of nitrogens with two attached hydrogens (primary N) is 1. The molecule has 0 spiro atoms. The van der Waals surface area contributed by atoms with Gasteiger partial charge >= 0.3 is 0 Å². The predicted octanol–water partition coefficient (Wildman–Crippen LogP) is 0.552. The van der Waals surface area contributed by atoms with E-state index in [4.69, 9.17) is 17.3 Å². The number of nitrogens with zero attached hydrogens (tertiary/aromatic N) is 2. The monoisotopic (exact) mass is 300 g/mol. The van der Waals surface area contributed by atoms with Gasteiger partial charge in [-0.3, -0.25) is 4.79 Å². The molecule has 108 valence electrons. The third-order valence-corrected chi connectivity index (χ3v) is 4.50. The highest BCUT2D eigenvalue weighted by atomic mass is 35.5. The lowest BCUT2D eigenvalue weighted by Gasteiger charge is -2.32. The number of nitrogens with one attached hydrogen (secondary N) is 1. The Morgan fingerprint density at radius 2 is 2.30 bits per heavy atom. The number of aliphatic hydroxyl groups excluding tert-OH is 1. The molecule has 1 aromatic rings. The van der Waals surface area contributed by atoms with Gasteiger partial charge in [-0.05, 0) is 30.4 Å². The maximum atomic E-state index is 13.7. The molecule has 0 aliphatic heterocycles. The molecule has 0 saturated heterocycles. The predicted molar refractivity (Wildman–Crippen MR) is 69.3 cm³/mol. The number of halogens is 2. The Labute approximate surface area is 119 Å². The molecule has 6 nitrogen and oxygen atoms in total. The van der Waals surface area contributed by atoms with Crippen molar-refractivity contribution >= 4 is 23.3 Å². The number of anilines is 1. The second-order valence-electron chi connectivity index (χ2n) is 5.40. The first-order valence-corrected chi connectivity index (χ1v) is 6.77. The Kier molecular flexibility index (Phi) is 3.25. The summed E-state index contributed by atoms with van der Waals surface area (Å²) in [6.07, 6.45) is 1.71. The first-order valence-electron chi connectivity index (χ1n) is 6.39. The van der Waals surface area contributed by atoms with Gasteiger partial charge in [0.2, 0.25) is 11.2 Å². The summed E-state index contributed by atoms with van der Waals surface area (Å²) in [6.45, 7) is 0. The second kappa shape index (κ2) is 4.82. The second-order valence-corrected chi connectivity index (χ2v) is 5.73. The highest BCUT2D eigenvalue weighted by Crippen LogP contribution is 2.49. The molecule has 3 rings (SSSR count). The Hall–Kier alpha value is -1.47. The molecule has 0 radical (unpaired) electrons. The highest BCUT2D eigenvalue weighted by molar-refractivity contribution is 6.28. The summed E-state index contributed by atoms with van der Waals surface area (Å²) in [5.74, 6) is -1.70. The number of hydrogen-bond acceptors (Lipinski definition) is 5. The SMILES string of the molecule is NC(=O)C1C2CC(O)C(C2)C1Nc1nc(Cl)ncc1F. The van der Waals surface area contributed by atoms with E-state index in [1.165, 1.54) is 0 Å². The standard InChI is InChI=1S/C12H14ClFN4O2/c13-12-16-3-6(14)11(18-12)17-9-5-1-4(2-7(5)19)8(9)10(15)20/h3-5,7-9,19H,1-2H2,(H2,15,20)(H,16,17,18). The van der Waals surface area contributed by atoms with Crippen LogP contribution in [0.3, 0.4) is 0 Å². The van der Waals surface area contributed by atoms with E-state index in [1.54, 1.807) is 0 Å². The van der Waals surface area contributed by atoms with Gasteiger partial charge < -0.3 is 16.2 Å². The van der Waals surface area contributed by atoms with Crippen LogP contribution in [0.25, 0.3) is 0 Å².